The summed E-state index contributed by atoms with van der Waals surface area (Å²) in [6.45, 7) is 3.89. The second-order valence-corrected chi connectivity index (χ2v) is 8.64. The van der Waals surface area contributed by atoms with Gasteiger partial charge in [-0.15, -0.1) is 0 Å². The number of hydrogen-bond acceptors (Lipinski definition) is 5. The quantitative estimate of drug-likeness (QED) is 0.459. The van der Waals surface area contributed by atoms with E-state index in [1.165, 1.54) is 16.7 Å². The van der Waals surface area contributed by atoms with E-state index in [9.17, 15) is 19.5 Å². The van der Waals surface area contributed by atoms with Gasteiger partial charge in [0.1, 0.15) is 10.4 Å². The van der Waals surface area contributed by atoms with Crippen LogP contribution >= 0.6 is 24.0 Å². The van der Waals surface area contributed by atoms with Crippen LogP contribution < -0.4 is 5.32 Å². The highest BCUT2D eigenvalue weighted by Gasteiger charge is 2.32. The maximum absolute atomic E-state index is 12.5. The fourth-order valence-electron chi connectivity index (χ4n) is 2.69. The van der Waals surface area contributed by atoms with E-state index in [2.05, 4.69) is 5.32 Å². The highest BCUT2D eigenvalue weighted by molar-refractivity contribution is 8.26. The zero-order valence-corrected chi connectivity index (χ0v) is 18.0. The standard InChI is InChI=1S/C21H24N2O4S2/c1-14(2)13-16(20(26)27)22-18(24)11-12-23-19(25)17(29-21(23)28)10-6-9-15-7-4-3-5-8-15/h3-10,14,16H,11-13H2,1-2H3,(H,22,24)(H,26,27)/b9-6+,17-10+. The lowest BCUT2D eigenvalue weighted by atomic mass is 10.0. The van der Waals surface area contributed by atoms with Crippen LogP contribution in [0.15, 0.2) is 47.4 Å². The SMILES string of the molecule is CC(C)CC(NC(=O)CCN1C(=O)/C(=C\C=C\c2ccccc2)SC1=S)C(=O)O. The van der Waals surface area contributed by atoms with Crippen LogP contribution in [-0.4, -0.2) is 44.7 Å². The molecule has 1 atom stereocenters. The highest BCUT2D eigenvalue weighted by Crippen LogP contribution is 2.31. The number of nitrogens with one attached hydrogen (secondary N) is 1. The van der Waals surface area contributed by atoms with Crippen molar-refractivity contribution in [3.63, 3.8) is 0 Å². The maximum atomic E-state index is 12.5. The monoisotopic (exact) mass is 432 g/mol. The molecule has 1 heterocycles. The summed E-state index contributed by atoms with van der Waals surface area (Å²) in [6, 6.07) is 8.77. The van der Waals surface area contributed by atoms with Gasteiger partial charge in [-0.2, -0.15) is 0 Å². The first-order valence-electron chi connectivity index (χ1n) is 9.27. The summed E-state index contributed by atoms with van der Waals surface area (Å²) in [5.41, 5.74) is 1.02. The van der Waals surface area contributed by atoms with Crippen molar-refractivity contribution in [2.45, 2.75) is 32.7 Å². The molecule has 1 aromatic carbocycles. The molecular weight excluding hydrogens is 408 g/mol. The molecule has 1 aliphatic heterocycles. The van der Waals surface area contributed by atoms with E-state index < -0.39 is 17.9 Å². The molecule has 1 unspecified atom stereocenters. The second-order valence-electron chi connectivity index (χ2n) is 6.96. The number of carbonyl (C=O) groups is 3. The minimum absolute atomic E-state index is 0.0125. The van der Waals surface area contributed by atoms with Crippen LogP contribution in [0.1, 0.15) is 32.3 Å². The largest absolute Gasteiger partial charge is 0.480 e. The first-order valence-corrected chi connectivity index (χ1v) is 10.5. The summed E-state index contributed by atoms with van der Waals surface area (Å²) < 4.78 is 0.388. The van der Waals surface area contributed by atoms with E-state index in [0.717, 1.165) is 5.56 Å². The van der Waals surface area contributed by atoms with Crippen LogP contribution in [-0.2, 0) is 14.4 Å². The van der Waals surface area contributed by atoms with Gasteiger partial charge >= 0.3 is 5.97 Å². The van der Waals surface area contributed by atoms with Gasteiger partial charge in [0.2, 0.25) is 5.91 Å². The number of aliphatic carboxylic acids is 1. The summed E-state index contributed by atoms with van der Waals surface area (Å²) >= 11 is 6.44. The lowest BCUT2D eigenvalue weighted by Gasteiger charge is -2.18. The Morgan fingerprint density at radius 2 is 1.97 bits per heavy atom. The average Bonchev–Trinajstić information content (AvgIpc) is 2.93. The van der Waals surface area contributed by atoms with Crippen molar-refractivity contribution in [1.82, 2.24) is 10.2 Å². The van der Waals surface area contributed by atoms with Crippen molar-refractivity contribution < 1.29 is 19.5 Å². The van der Waals surface area contributed by atoms with E-state index in [-0.39, 0.29) is 24.8 Å². The van der Waals surface area contributed by atoms with Gasteiger partial charge in [-0.1, -0.05) is 80.3 Å². The molecule has 154 valence electrons. The fourth-order valence-corrected chi connectivity index (χ4v) is 3.95. The third-order valence-corrected chi connectivity index (χ3v) is 5.51. The molecule has 8 heteroatoms. The Kier molecular flexibility index (Phi) is 8.60. The minimum Gasteiger partial charge on any atom is -0.480 e. The molecule has 29 heavy (non-hydrogen) atoms. The van der Waals surface area contributed by atoms with E-state index >= 15 is 0 Å². The molecular formula is C21H24N2O4S2. The third kappa shape index (κ3) is 7.14. The smallest absolute Gasteiger partial charge is 0.326 e. The first kappa shape index (κ1) is 22.8. The summed E-state index contributed by atoms with van der Waals surface area (Å²) in [6.07, 6.45) is 5.72. The van der Waals surface area contributed by atoms with Crippen molar-refractivity contribution in [2.24, 2.45) is 5.92 Å². The molecule has 0 aromatic heterocycles. The summed E-state index contributed by atoms with van der Waals surface area (Å²) in [5.74, 6) is -1.59. The van der Waals surface area contributed by atoms with Crippen molar-refractivity contribution >= 4 is 52.2 Å². The van der Waals surface area contributed by atoms with Crippen molar-refractivity contribution in [3.8, 4) is 0 Å². The molecule has 2 N–H and O–H groups in total. The van der Waals surface area contributed by atoms with Crippen LogP contribution in [0.3, 0.4) is 0 Å². The first-order chi connectivity index (χ1) is 13.8. The van der Waals surface area contributed by atoms with Crippen LogP contribution in [0.5, 0.6) is 0 Å². The number of amides is 2. The molecule has 0 saturated carbocycles. The van der Waals surface area contributed by atoms with E-state index in [4.69, 9.17) is 12.2 Å². The predicted octanol–water partition coefficient (Wildman–Crippen LogP) is 3.45. The van der Waals surface area contributed by atoms with Gasteiger partial charge in [0.05, 0.1) is 4.91 Å². The molecule has 0 radical (unpaired) electrons. The van der Waals surface area contributed by atoms with Crippen LogP contribution in [0, 0.1) is 5.92 Å². The van der Waals surface area contributed by atoms with Gasteiger partial charge in [0, 0.05) is 13.0 Å². The lowest BCUT2D eigenvalue weighted by molar-refractivity contribution is -0.142. The molecule has 2 amide bonds. The summed E-state index contributed by atoms with van der Waals surface area (Å²) in [7, 11) is 0. The zero-order valence-electron chi connectivity index (χ0n) is 16.3. The van der Waals surface area contributed by atoms with Gasteiger partial charge in [0.15, 0.2) is 0 Å². The molecule has 0 spiro atoms. The summed E-state index contributed by atoms with van der Waals surface area (Å²) in [4.78, 5) is 37.8. The van der Waals surface area contributed by atoms with Crippen molar-refractivity contribution in [3.05, 3.63) is 53.0 Å². The van der Waals surface area contributed by atoms with Gasteiger partial charge in [-0.05, 0) is 24.0 Å². The lowest BCUT2D eigenvalue weighted by Crippen LogP contribution is -2.43. The molecule has 0 bridgehead atoms. The third-order valence-electron chi connectivity index (χ3n) is 4.11. The number of benzene rings is 1. The second kappa shape index (κ2) is 10.9. The maximum Gasteiger partial charge on any atom is 0.326 e. The van der Waals surface area contributed by atoms with Gasteiger partial charge in [-0.25, -0.2) is 4.79 Å². The molecule has 1 aromatic rings. The molecule has 6 nitrogen and oxygen atoms in total. The minimum atomic E-state index is -1.06. The van der Waals surface area contributed by atoms with Crippen molar-refractivity contribution in [1.29, 1.82) is 0 Å². The van der Waals surface area contributed by atoms with Gasteiger partial charge < -0.3 is 10.4 Å². The highest BCUT2D eigenvalue weighted by atomic mass is 32.2. The number of nitrogens with zero attached hydrogens (tertiary/aromatic N) is 1. The van der Waals surface area contributed by atoms with E-state index in [0.29, 0.717) is 15.6 Å². The predicted molar refractivity (Wildman–Crippen MR) is 119 cm³/mol. The van der Waals surface area contributed by atoms with Gasteiger partial charge in [-0.3, -0.25) is 14.5 Å². The number of carboxylic acids is 1. The van der Waals surface area contributed by atoms with Crippen molar-refractivity contribution in [2.75, 3.05) is 6.54 Å². The molecule has 1 fully saturated rings. The van der Waals surface area contributed by atoms with E-state index in [1.54, 1.807) is 12.2 Å². The Labute approximate surface area is 180 Å². The number of hydrogen-bond donors (Lipinski definition) is 2. The number of thiocarbonyl (C=S) groups is 1. The normalized spacial score (nSPS) is 16.8. The Bertz CT molecular complexity index is 834. The number of allylic oxidation sites excluding steroid dienone is 2. The molecule has 0 aliphatic carbocycles. The fraction of sp³-hybridized carbons (Fsp3) is 0.333. The zero-order chi connectivity index (χ0) is 21.4. The van der Waals surface area contributed by atoms with E-state index in [1.807, 2.05) is 50.3 Å². The van der Waals surface area contributed by atoms with Gasteiger partial charge in [0.25, 0.3) is 5.91 Å². The van der Waals surface area contributed by atoms with Crippen LogP contribution in [0.4, 0.5) is 0 Å². The Morgan fingerprint density at radius 1 is 1.28 bits per heavy atom. The molecule has 1 saturated heterocycles. The number of carbonyl (C=O) groups excluding carboxylic acids is 2. The number of thioether (sulfide) groups is 1. The number of rotatable bonds is 9. The molecule has 1 aliphatic rings. The average molecular weight is 433 g/mol. The Balaban J connectivity index is 1.91. The number of carboxylic acid groups (broad SMARTS) is 1. The Morgan fingerprint density at radius 3 is 2.59 bits per heavy atom. The molecule has 2 rings (SSSR count). The summed E-state index contributed by atoms with van der Waals surface area (Å²) in [5, 5.41) is 11.7. The Hall–Kier alpha value is -2.45. The topological polar surface area (TPSA) is 86.7 Å². The van der Waals surface area contributed by atoms with Crippen LogP contribution in [0.2, 0.25) is 0 Å². The van der Waals surface area contributed by atoms with Crippen LogP contribution in [0.25, 0.3) is 6.08 Å².